The molecule has 0 amide bonds. The minimum absolute atomic E-state index is 0.109. The van der Waals surface area contributed by atoms with Crippen LogP contribution in [0.5, 0.6) is 0 Å². The lowest BCUT2D eigenvalue weighted by Gasteiger charge is -2.24. The summed E-state index contributed by atoms with van der Waals surface area (Å²) in [5, 5.41) is 0. The number of rotatable bonds is 3. The SMILES string of the molecule is Cc1ccc(C(NN)C2CC3CC3C2)cc1F. The molecule has 0 heterocycles. The van der Waals surface area contributed by atoms with E-state index in [9.17, 15) is 4.39 Å². The van der Waals surface area contributed by atoms with Gasteiger partial charge in [-0.15, -0.1) is 0 Å². The summed E-state index contributed by atoms with van der Waals surface area (Å²) in [6.07, 6.45) is 3.89. The Bertz CT molecular complexity index is 422. The molecule has 2 aliphatic carbocycles. The van der Waals surface area contributed by atoms with E-state index in [1.165, 1.54) is 19.3 Å². The van der Waals surface area contributed by atoms with Crippen LogP contribution in [0, 0.1) is 30.5 Å². The number of halogens is 1. The van der Waals surface area contributed by atoms with Crippen molar-refractivity contribution in [2.75, 3.05) is 0 Å². The van der Waals surface area contributed by atoms with E-state index >= 15 is 0 Å². The van der Waals surface area contributed by atoms with Crippen LogP contribution in [0.1, 0.15) is 36.4 Å². The summed E-state index contributed by atoms with van der Waals surface area (Å²) in [5.41, 5.74) is 4.56. The van der Waals surface area contributed by atoms with Crippen molar-refractivity contribution in [3.8, 4) is 0 Å². The number of nitrogens with two attached hydrogens (primary N) is 1. The first-order chi connectivity index (χ1) is 8.19. The van der Waals surface area contributed by atoms with Gasteiger partial charge in [0.1, 0.15) is 5.82 Å². The van der Waals surface area contributed by atoms with Crippen LogP contribution < -0.4 is 11.3 Å². The minimum Gasteiger partial charge on any atom is -0.271 e. The van der Waals surface area contributed by atoms with E-state index in [4.69, 9.17) is 5.84 Å². The maximum atomic E-state index is 13.6. The average molecular weight is 234 g/mol. The van der Waals surface area contributed by atoms with Crippen molar-refractivity contribution in [3.05, 3.63) is 35.1 Å². The van der Waals surface area contributed by atoms with Gasteiger partial charge in [0.15, 0.2) is 0 Å². The van der Waals surface area contributed by atoms with Crippen molar-refractivity contribution in [3.63, 3.8) is 0 Å². The molecule has 3 atom stereocenters. The lowest BCUT2D eigenvalue weighted by molar-refractivity contribution is 0.344. The monoisotopic (exact) mass is 234 g/mol. The van der Waals surface area contributed by atoms with Crippen LogP contribution in [-0.4, -0.2) is 0 Å². The number of benzene rings is 1. The van der Waals surface area contributed by atoms with Gasteiger partial charge in [-0.3, -0.25) is 11.3 Å². The van der Waals surface area contributed by atoms with Gasteiger partial charge in [-0.1, -0.05) is 12.1 Å². The van der Waals surface area contributed by atoms with Gasteiger partial charge in [0.2, 0.25) is 0 Å². The predicted octanol–water partition coefficient (Wildman–Crippen LogP) is 2.68. The Balaban J connectivity index is 1.81. The molecule has 0 radical (unpaired) electrons. The normalized spacial score (nSPS) is 32.3. The van der Waals surface area contributed by atoms with Crippen LogP contribution in [0.25, 0.3) is 0 Å². The lowest BCUT2D eigenvalue weighted by atomic mass is 9.89. The fourth-order valence-corrected chi connectivity index (χ4v) is 3.34. The summed E-state index contributed by atoms with van der Waals surface area (Å²) in [7, 11) is 0. The van der Waals surface area contributed by atoms with Crippen molar-refractivity contribution >= 4 is 0 Å². The van der Waals surface area contributed by atoms with Crippen LogP contribution in [0.3, 0.4) is 0 Å². The zero-order chi connectivity index (χ0) is 12.0. The van der Waals surface area contributed by atoms with Crippen LogP contribution >= 0.6 is 0 Å². The molecule has 3 N–H and O–H groups in total. The molecule has 2 nitrogen and oxygen atoms in total. The Hall–Kier alpha value is -0.930. The first-order valence-electron chi connectivity index (χ1n) is 6.41. The quantitative estimate of drug-likeness (QED) is 0.623. The van der Waals surface area contributed by atoms with E-state index < -0.39 is 0 Å². The van der Waals surface area contributed by atoms with Gasteiger partial charge in [-0.2, -0.15) is 0 Å². The molecule has 2 saturated carbocycles. The first-order valence-corrected chi connectivity index (χ1v) is 6.41. The van der Waals surface area contributed by atoms with E-state index in [0.717, 1.165) is 17.4 Å². The van der Waals surface area contributed by atoms with Crippen LogP contribution in [0.4, 0.5) is 4.39 Å². The molecule has 0 saturated heterocycles. The second-order valence-corrected chi connectivity index (χ2v) is 5.64. The van der Waals surface area contributed by atoms with Crippen LogP contribution in [0.15, 0.2) is 18.2 Å². The highest BCUT2D eigenvalue weighted by molar-refractivity contribution is 5.26. The van der Waals surface area contributed by atoms with Crippen molar-refractivity contribution < 1.29 is 4.39 Å². The fraction of sp³-hybridized carbons (Fsp3) is 0.571. The number of hydrazine groups is 1. The molecule has 3 rings (SSSR count). The Morgan fingerprint density at radius 2 is 2.00 bits per heavy atom. The van der Waals surface area contributed by atoms with Crippen molar-refractivity contribution in [2.24, 2.45) is 23.6 Å². The van der Waals surface area contributed by atoms with Gasteiger partial charge >= 0.3 is 0 Å². The van der Waals surface area contributed by atoms with Crippen molar-refractivity contribution in [1.29, 1.82) is 0 Å². The van der Waals surface area contributed by atoms with E-state index in [1.54, 1.807) is 13.0 Å². The molecule has 17 heavy (non-hydrogen) atoms. The van der Waals surface area contributed by atoms with E-state index in [1.807, 2.05) is 12.1 Å². The molecule has 3 unspecified atom stereocenters. The Labute approximate surface area is 101 Å². The number of nitrogens with one attached hydrogen (secondary N) is 1. The summed E-state index contributed by atoms with van der Waals surface area (Å²) in [5.74, 6) is 7.95. The molecule has 0 aliphatic heterocycles. The van der Waals surface area contributed by atoms with Crippen LogP contribution in [0.2, 0.25) is 0 Å². The number of hydrogen-bond acceptors (Lipinski definition) is 2. The molecule has 0 spiro atoms. The highest BCUT2D eigenvalue weighted by atomic mass is 19.1. The smallest absolute Gasteiger partial charge is 0.126 e. The zero-order valence-corrected chi connectivity index (χ0v) is 10.1. The summed E-state index contributed by atoms with van der Waals surface area (Å²) in [6, 6.07) is 5.57. The summed E-state index contributed by atoms with van der Waals surface area (Å²) in [6.45, 7) is 1.79. The molecular weight excluding hydrogens is 215 g/mol. The largest absolute Gasteiger partial charge is 0.271 e. The minimum atomic E-state index is -0.133. The third-order valence-electron chi connectivity index (χ3n) is 4.49. The number of hydrogen-bond donors (Lipinski definition) is 2. The van der Waals surface area contributed by atoms with Gasteiger partial charge in [0.25, 0.3) is 0 Å². The molecule has 3 heteroatoms. The molecular formula is C14H19FN2. The summed E-state index contributed by atoms with van der Waals surface area (Å²) < 4.78 is 13.6. The predicted molar refractivity (Wildman–Crippen MR) is 65.5 cm³/mol. The standard InChI is InChI=1S/C14H19FN2/c1-8-2-3-9(7-13(8)15)14(17-16)12-5-10-4-11(10)6-12/h2-3,7,10-12,14,17H,4-6,16H2,1H3. The average Bonchev–Trinajstić information content (AvgIpc) is 2.92. The van der Waals surface area contributed by atoms with Crippen molar-refractivity contribution in [2.45, 2.75) is 32.2 Å². The van der Waals surface area contributed by atoms with Gasteiger partial charge in [0, 0.05) is 6.04 Å². The fourth-order valence-electron chi connectivity index (χ4n) is 3.34. The molecule has 1 aromatic carbocycles. The number of aryl methyl sites for hydroxylation is 1. The van der Waals surface area contributed by atoms with E-state index in [2.05, 4.69) is 5.43 Å². The Kier molecular flexibility index (Phi) is 2.68. The topological polar surface area (TPSA) is 38.0 Å². The van der Waals surface area contributed by atoms with Gasteiger partial charge in [-0.25, -0.2) is 4.39 Å². The second kappa shape index (κ2) is 4.07. The molecule has 2 fully saturated rings. The maximum absolute atomic E-state index is 13.6. The molecule has 92 valence electrons. The van der Waals surface area contributed by atoms with Gasteiger partial charge in [0.05, 0.1) is 0 Å². The summed E-state index contributed by atoms with van der Waals surface area (Å²) in [4.78, 5) is 0. The first kappa shape index (κ1) is 11.2. The van der Waals surface area contributed by atoms with Gasteiger partial charge in [-0.05, 0) is 61.1 Å². The van der Waals surface area contributed by atoms with Gasteiger partial charge < -0.3 is 0 Å². The Morgan fingerprint density at radius 3 is 2.59 bits per heavy atom. The van der Waals surface area contributed by atoms with E-state index in [0.29, 0.717) is 11.5 Å². The highest BCUT2D eigenvalue weighted by Crippen LogP contribution is 2.57. The molecule has 2 aliphatic rings. The lowest BCUT2D eigenvalue weighted by Crippen LogP contribution is -2.33. The maximum Gasteiger partial charge on any atom is 0.126 e. The molecule has 1 aromatic rings. The molecule has 0 bridgehead atoms. The highest BCUT2D eigenvalue weighted by Gasteiger charge is 2.47. The Morgan fingerprint density at radius 1 is 1.29 bits per heavy atom. The third kappa shape index (κ3) is 1.98. The molecule has 0 aromatic heterocycles. The zero-order valence-electron chi connectivity index (χ0n) is 10.1. The number of fused-ring (bicyclic) bond motifs is 1. The van der Waals surface area contributed by atoms with Crippen molar-refractivity contribution in [1.82, 2.24) is 5.43 Å². The van der Waals surface area contributed by atoms with E-state index in [-0.39, 0.29) is 11.9 Å². The summed E-state index contributed by atoms with van der Waals surface area (Å²) >= 11 is 0. The third-order valence-corrected chi connectivity index (χ3v) is 4.49. The second-order valence-electron chi connectivity index (χ2n) is 5.64. The van der Waals surface area contributed by atoms with Crippen LogP contribution in [-0.2, 0) is 0 Å².